The first-order valence-corrected chi connectivity index (χ1v) is 7.15. The Hall–Kier alpha value is -2.10. The molecule has 0 spiro atoms. The summed E-state index contributed by atoms with van der Waals surface area (Å²) in [5, 5.41) is 7.02. The Kier molecular flexibility index (Phi) is 3.54. The number of carbonyl (C=O) groups excluding carboxylic acids is 1. The lowest BCUT2D eigenvalue weighted by Gasteiger charge is -2.14. The topological polar surface area (TPSA) is 54.0 Å². The molecule has 1 fully saturated rings. The van der Waals surface area contributed by atoms with Crippen LogP contribution in [-0.4, -0.2) is 17.1 Å². The molecule has 0 bridgehead atoms. The van der Waals surface area contributed by atoms with Crippen LogP contribution in [0.15, 0.2) is 30.5 Å². The van der Waals surface area contributed by atoms with Crippen molar-refractivity contribution >= 4 is 22.6 Å². The van der Waals surface area contributed by atoms with Crippen LogP contribution in [0.3, 0.4) is 0 Å². The van der Waals surface area contributed by atoms with Crippen LogP contribution in [0.25, 0.3) is 10.9 Å². The predicted octanol–water partition coefficient (Wildman–Crippen LogP) is 3.61. The highest BCUT2D eigenvalue weighted by molar-refractivity contribution is 6.00. The van der Waals surface area contributed by atoms with Gasteiger partial charge >= 0.3 is 6.03 Å². The molecule has 104 valence electrons. The molecule has 4 heteroatoms. The number of carbonyl (C=O) groups is 1. The van der Waals surface area contributed by atoms with Crippen LogP contribution in [0.5, 0.6) is 0 Å². The number of nitrogens with one attached hydrogen (secondary N) is 2. The summed E-state index contributed by atoms with van der Waals surface area (Å²) in [6, 6.07) is 8.14. The molecule has 1 aliphatic carbocycles. The second-order valence-corrected chi connectivity index (χ2v) is 5.47. The molecular weight excluding hydrogens is 250 g/mol. The Morgan fingerprint density at radius 3 is 2.90 bits per heavy atom. The van der Waals surface area contributed by atoms with Gasteiger partial charge in [-0.15, -0.1) is 0 Å². The number of hydrogen-bond donors (Lipinski definition) is 2. The van der Waals surface area contributed by atoms with Crippen molar-refractivity contribution < 1.29 is 4.79 Å². The Morgan fingerprint density at radius 2 is 2.10 bits per heavy atom. The van der Waals surface area contributed by atoms with Crippen LogP contribution in [0, 0.1) is 6.92 Å². The van der Waals surface area contributed by atoms with Gasteiger partial charge in [-0.05, 0) is 43.5 Å². The van der Waals surface area contributed by atoms with Crippen molar-refractivity contribution in [1.29, 1.82) is 0 Å². The van der Waals surface area contributed by atoms with Crippen LogP contribution < -0.4 is 10.6 Å². The van der Waals surface area contributed by atoms with Gasteiger partial charge < -0.3 is 10.6 Å². The summed E-state index contributed by atoms with van der Waals surface area (Å²) in [5.41, 5.74) is 2.72. The molecule has 1 aromatic carbocycles. The standard InChI is InChI=1S/C16H19N3O/c1-11-9-12-5-4-8-17-15(12)14(10-11)19-16(20)18-13-6-2-3-7-13/h4-5,8-10,13H,2-3,6-7H2,1H3,(H2,18,19,20). The lowest BCUT2D eigenvalue weighted by atomic mass is 10.1. The number of anilines is 1. The van der Waals surface area contributed by atoms with Crippen molar-refractivity contribution in [3.05, 3.63) is 36.0 Å². The molecular formula is C16H19N3O. The fourth-order valence-corrected chi connectivity index (χ4v) is 2.85. The zero-order chi connectivity index (χ0) is 13.9. The lowest BCUT2D eigenvalue weighted by molar-refractivity contribution is 0.248. The van der Waals surface area contributed by atoms with E-state index in [1.54, 1.807) is 6.20 Å². The Bertz CT molecular complexity index is 633. The quantitative estimate of drug-likeness (QED) is 0.875. The Morgan fingerprint density at radius 1 is 1.30 bits per heavy atom. The maximum atomic E-state index is 12.1. The number of aryl methyl sites for hydroxylation is 1. The molecule has 3 rings (SSSR count). The maximum Gasteiger partial charge on any atom is 0.319 e. The second-order valence-electron chi connectivity index (χ2n) is 5.47. The molecule has 1 aromatic heterocycles. The highest BCUT2D eigenvalue weighted by atomic mass is 16.2. The third kappa shape index (κ3) is 2.74. The molecule has 1 heterocycles. The summed E-state index contributed by atoms with van der Waals surface area (Å²) in [6.45, 7) is 2.02. The third-order valence-corrected chi connectivity index (χ3v) is 3.79. The molecule has 2 N–H and O–H groups in total. The minimum atomic E-state index is -0.130. The van der Waals surface area contributed by atoms with Crippen LogP contribution >= 0.6 is 0 Å². The average Bonchev–Trinajstić information content (AvgIpc) is 2.91. The van der Waals surface area contributed by atoms with Gasteiger partial charge in [-0.25, -0.2) is 4.79 Å². The van der Waals surface area contributed by atoms with Crippen molar-refractivity contribution in [3.8, 4) is 0 Å². The fourth-order valence-electron chi connectivity index (χ4n) is 2.85. The maximum absolute atomic E-state index is 12.1. The van der Waals surface area contributed by atoms with Gasteiger partial charge in [-0.3, -0.25) is 4.98 Å². The van der Waals surface area contributed by atoms with Gasteiger partial charge in [0.1, 0.15) is 0 Å². The summed E-state index contributed by atoms with van der Waals surface area (Å²) in [6.07, 6.45) is 6.33. The van der Waals surface area contributed by atoms with Gasteiger partial charge in [0.25, 0.3) is 0 Å². The van der Waals surface area contributed by atoms with Gasteiger partial charge in [0.15, 0.2) is 0 Å². The molecule has 1 saturated carbocycles. The SMILES string of the molecule is Cc1cc(NC(=O)NC2CCCC2)c2ncccc2c1. The largest absolute Gasteiger partial charge is 0.335 e. The molecule has 4 nitrogen and oxygen atoms in total. The zero-order valence-electron chi connectivity index (χ0n) is 11.6. The van der Waals surface area contributed by atoms with Crippen LogP contribution in [0.1, 0.15) is 31.2 Å². The van der Waals surface area contributed by atoms with Crippen LogP contribution in [-0.2, 0) is 0 Å². The van der Waals surface area contributed by atoms with Crippen molar-refractivity contribution in [1.82, 2.24) is 10.3 Å². The number of urea groups is 1. The number of hydrogen-bond acceptors (Lipinski definition) is 2. The van der Waals surface area contributed by atoms with E-state index in [0.717, 1.165) is 35.0 Å². The van der Waals surface area contributed by atoms with E-state index in [1.165, 1.54) is 12.8 Å². The first-order chi connectivity index (χ1) is 9.72. The highest BCUT2D eigenvalue weighted by Crippen LogP contribution is 2.23. The number of benzene rings is 1. The first-order valence-electron chi connectivity index (χ1n) is 7.15. The minimum Gasteiger partial charge on any atom is -0.335 e. The van der Waals surface area contributed by atoms with E-state index in [2.05, 4.69) is 21.7 Å². The van der Waals surface area contributed by atoms with E-state index in [-0.39, 0.29) is 6.03 Å². The molecule has 2 amide bonds. The third-order valence-electron chi connectivity index (χ3n) is 3.79. The van der Waals surface area contributed by atoms with Crippen molar-refractivity contribution in [3.63, 3.8) is 0 Å². The molecule has 0 atom stereocenters. The van der Waals surface area contributed by atoms with Crippen molar-refractivity contribution in [2.75, 3.05) is 5.32 Å². The monoisotopic (exact) mass is 269 g/mol. The van der Waals surface area contributed by atoms with E-state index in [9.17, 15) is 4.79 Å². The van der Waals surface area contributed by atoms with Gasteiger partial charge in [0.05, 0.1) is 11.2 Å². The van der Waals surface area contributed by atoms with Crippen LogP contribution in [0.4, 0.5) is 10.5 Å². The smallest absolute Gasteiger partial charge is 0.319 e. The van der Waals surface area contributed by atoms with Gasteiger partial charge in [-0.2, -0.15) is 0 Å². The van der Waals surface area contributed by atoms with Gasteiger partial charge in [0, 0.05) is 17.6 Å². The predicted molar refractivity (Wildman–Crippen MR) is 80.9 cm³/mol. The van der Waals surface area contributed by atoms with Crippen molar-refractivity contribution in [2.24, 2.45) is 0 Å². The van der Waals surface area contributed by atoms with Crippen molar-refractivity contribution in [2.45, 2.75) is 38.6 Å². The summed E-state index contributed by atoms with van der Waals surface area (Å²) < 4.78 is 0. The number of aromatic nitrogens is 1. The van der Waals surface area contributed by atoms with E-state index in [4.69, 9.17) is 0 Å². The fraction of sp³-hybridized carbons (Fsp3) is 0.375. The Balaban J connectivity index is 1.81. The molecule has 2 aromatic rings. The van der Waals surface area contributed by atoms with E-state index >= 15 is 0 Å². The summed E-state index contributed by atoms with van der Waals surface area (Å²) in [4.78, 5) is 16.4. The normalized spacial score (nSPS) is 15.4. The number of nitrogens with zero attached hydrogens (tertiary/aromatic N) is 1. The molecule has 20 heavy (non-hydrogen) atoms. The summed E-state index contributed by atoms with van der Waals surface area (Å²) in [5.74, 6) is 0. The summed E-state index contributed by atoms with van der Waals surface area (Å²) >= 11 is 0. The van der Waals surface area contributed by atoms with E-state index < -0.39 is 0 Å². The highest BCUT2D eigenvalue weighted by Gasteiger charge is 2.17. The average molecular weight is 269 g/mol. The number of amides is 2. The second kappa shape index (κ2) is 5.49. The number of rotatable bonds is 2. The van der Waals surface area contributed by atoms with Gasteiger partial charge in [0.2, 0.25) is 0 Å². The number of pyridine rings is 1. The molecule has 1 aliphatic rings. The molecule has 0 unspecified atom stereocenters. The minimum absolute atomic E-state index is 0.130. The van der Waals surface area contributed by atoms with E-state index in [0.29, 0.717) is 6.04 Å². The molecule has 0 saturated heterocycles. The zero-order valence-corrected chi connectivity index (χ0v) is 11.6. The first kappa shape index (κ1) is 12.9. The van der Waals surface area contributed by atoms with E-state index in [1.807, 2.05) is 25.1 Å². The summed E-state index contributed by atoms with van der Waals surface area (Å²) in [7, 11) is 0. The molecule has 0 radical (unpaired) electrons. The van der Waals surface area contributed by atoms with Gasteiger partial charge in [-0.1, -0.05) is 18.9 Å². The molecule has 0 aliphatic heterocycles. The number of fused-ring (bicyclic) bond motifs is 1. The lowest BCUT2D eigenvalue weighted by Crippen LogP contribution is -2.36. The Labute approximate surface area is 118 Å². The van der Waals surface area contributed by atoms with Crippen LogP contribution in [0.2, 0.25) is 0 Å².